The normalized spacial score (nSPS) is 20.4. The summed E-state index contributed by atoms with van der Waals surface area (Å²) in [6.07, 6.45) is 1.64. The molecule has 1 aromatic heterocycles. The van der Waals surface area contributed by atoms with Crippen LogP contribution in [-0.4, -0.2) is 62.7 Å². The molecule has 0 bridgehead atoms. The van der Waals surface area contributed by atoms with Gasteiger partial charge in [0.1, 0.15) is 18.4 Å². The minimum absolute atomic E-state index is 0.168. The van der Waals surface area contributed by atoms with Crippen molar-refractivity contribution >= 4 is 17.8 Å². The molecule has 0 N–H and O–H groups in total. The zero-order valence-electron chi connectivity index (χ0n) is 12.1. The Kier molecular flexibility index (Phi) is 3.62. The second-order valence-electron chi connectivity index (χ2n) is 5.23. The molecule has 1 aromatic rings. The van der Waals surface area contributed by atoms with E-state index in [0.29, 0.717) is 37.0 Å². The molecule has 110 valence electrons. The van der Waals surface area contributed by atoms with Crippen LogP contribution >= 0.6 is 0 Å². The molecule has 1 saturated heterocycles. The maximum absolute atomic E-state index is 9.30. The summed E-state index contributed by atoms with van der Waals surface area (Å²) in [5.41, 5.74) is 0.833. The fourth-order valence-electron chi connectivity index (χ4n) is 2.40. The number of aromatic nitrogens is 1. The third-order valence-electron chi connectivity index (χ3n) is 3.41. The smallest absolute Gasteiger partial charge is 0.173 e. The van der Waals surface area contributed by atoms with Crippen LogP contribution < -0.4 is 9.64 Å². The lowest BCUT2D eigenvalue weighted by atomic mass is 10.2. The van der Waals surface area contributed by atoms with Crippen molar-refractivity contribution in [1.29, 1.82) is 5.26 Å². The molecule has 0 aromatic carbocycles. The first-order valence-electron chi connectivity index (χ1n) is 6.82. The Bertz CT molecular complexity index is 608. The molecule has 0 aliphatic carbocycles. The number of pyridine rings is 1. The van der Waals surface area contributed by atoms with Gasteiger partial charge in [-0.2, -0.15) is 5.26 Å². The van der Waals surface area contributed by atoms with Crippen molar-refractivity contribution in [3.05, 3.63) is 11.8 Å². The van der Waals surface area contributed by atoms with Crippen LogP contribution in [0.25, 0.3) is 0 Å². The van der Waals surface area contributed by atoms with Gasteiger partial charge in [0, 0.05) is 26.7 Å². The molecule has 7 heteroatoms. The molecule has 1 atom stereocenters. The Hall–Kier alpha value is -2.33. The molecule has 2 aliphatic rings. The van der Waals surface area contributed by atoms with E-state index in [1.54, 1.807) is 17.3 Å². The molecular weight excluding hydrogens is 270 g/mol. The van der Waals surface area contributed by atoms with Crippen LogP contribution in [0.3, 0.4) is 0 Å². The Morgan fingerprint density at radius 2 is 2.38 bits per heavy atom. The lowest BCUT2D eigenvalue weighted by Crippen LogP contribution is -2.51. The number of rotatable bonds is 2. The quantitative estimate of drug-likeness (QED) is 0.591. The van der Waals surface area contributed by atoms with Crippen LogP contribution in [0.15, 0.2) is 11.1 Å². The predicted molar refractivity (Wildman–Crippen MR) is 78.2 cm³/mol. The summed E-state index contributed by atoms with van der Waals surface area (Å²) in [5.74, 6) is 1.40. The van der Waals surface area contributed by atoms with Gasteiger partial charge in [-0.15, -0.1) is 0 Å². The number of hydrogen-bond acceptors (Lipinski definition) is 6. The van der Waals surface area contributed by atoms with Gasteiger partial charge in [0.25, 0.3) is 0 Å². The van der Waals surface area contributed by atoms with Gasteiger partial charge in [0.2, 0.25) is 0 Å². The third kappa shape index (κ3) is 2.62. The number of anilines is 1. The third-order valence-corrected chi connectivity index (χ3v) is 3.41. The van der Waals surface area contributed by atoms with E-state index in [0.717, 1.165) is 12.4 Å². The lowest BCUT2D eigenvalue weighted by Gasteiger charge is -2.40. The molecule has 0 radical (unpaired) electrons. The first-order chi connectivity index (χ1) is 10.2. The van der Waals surface area contributed by atoms with E-state index >= 15 is 0 Å². The summed E-state index contributed by atoms with van der Waals surface area (Å²) in [7, 11) is 3.74. The number of hydrogen-bond donors (Lipinski definition) is 0. The van der Waals surface area contributed by atoms with Crippen molar-refractivity contribution in [2.45, 2.75) is 6.04 Å². The fourth-order valence-corrected chi connectivity index (χ4v) is 2.40. The maximum Gasteiger partial charge on any atom is 0.173 e. The van der Waals surface area contributed by atoms with Crippen LogP contribution in [0.4, 0.5) is 11.5 Å². The molecule has 21 heavy (non-hydrogen) atoms. The van der Waals surface area contributed by atoms with E-state index in [4.69, 9.17) is 9.47 Å². The molecule has 3 rings (SSSR count). The summed E-state index contributed by atoms with van der Waals surface area (Å²) < 4.78 is 11.2. The fraction of sp³-hybridized carbons (Fsp3) is 0.500. The van der Waals surface area contributed by atoms with Gasteiger partial charge in [0.15, 0.2) is 17.3 Å². The van der Waals surface area contributed by atoms with Gasteiger partial charge in [0.05, 0.1) is 25.6 Å². The van der Waals surface area contributed by atoms with Gasteiger partial charge in [-0.05, 0) is 0 Å². The van der Waals surface area contributed by atoms with Crippen molar-refractivity contribution in [2.75, 3.05) is 45.4 Å². The van der Waals surface area contributed by atoms with E-state index in [2.05, 4.69) is 20.9 Å². The monoisotopic (exact) mass is 287 g/mol. The Morgan fingerprint density at radius 3 is 3.14 bits per heavy atom. The van der Waals surface area contributed by atoms with Gasteiger partial charge < -0.3 is 19.3 Å². The predicted octanol–water partition coefficient (Wildman–Crippen LogP) is 0.772. The minimum atomic E-state index is 0.168. The molecule has 0 unspecified atom stereocenters. The van der Waals surface area contributed by atoms with Crippen molar-refractivity contribution < 1.29 is 9.47 Å². The maximum atomic E-state index is 9.30. The number of morpholine rings is 1. The number of ether oxygens (including phenoxy) is 2. The summed E-state index contributed by atoms with van der Waals surface area (Å²) >= 11 is 0. The zero-order chi connectivity index (χ0) is 14.8. The summed E-state index contributed by atoms with van der Waals surface area (Å²) in [4.78, 5) is 12.7. The van der Waals surface area contributed by atoms with E-state index in [1.807, 2.05) is 14.1 Å². The molecule has 1 fully saturated rings. The zero-order valence-corrected chi connectivity index (χ0v) is 12.1. The summed E-state index contributed by atoms with van der Waals surface area (Å²) in [6, 6.07) is 4.06. The van der Waals surface area contributed by atoms with Gasteiger partial charge in [-0.25, -0.2) is 9.98 Å². The average Bonchev–Trinajstić information content (AvgIpc) is 2.51. The Labute approximate surface area is 123 Å². The second-order valence-corrected chi connectivity index (χ2v) is 5.23. The van der Waals surface area contributed by atoms with Crippen LogP contribution in [0.1, 0.15) is 5.69 Å². The summed E-state index contributed by atoms with van der Waals surface area (Å²) in [5, 5.41) is 9.30. The van der Waals surface area contributed by atoms with Crippen molar-refractivity contribution in [2.24, 2.45) is 4.99 Å². The SMILES string of the molecule is CN(C)/C=N/c1cc2c(nc1C#N)N1CCOC[C@H]1CO2. The number of fused-ring (bicyclic) bond motifs is 3. The highest BCUT2D eigenvalue weighted by molar-refractivity contribution is 5.69. The highest BCUT2D eigenvalue weighted by atomic mass is 16.5. The Morgan fingerprint density at radius 1 is 1.52 bits per heavy atom. The van der Waals surface area contributed by atoms with Crippen LogP contribution in [0, 0.1) is 11.3 Å². The average molecular weight is 287 g/mol. The summed E-state index contributed by atoms with van der Waals surface area (Å²) in [6.45, 7) is 2.63. The number of nitriles is 1. The van der Waals surface area contributed by atoms with Crippen molar-refractivity contribution in [3.63, 3.8) is 0 Å². The number of nitrogens with zero attached hydrogens (tertiary/aromatic N) is 5. The molecule has 3 heterocycles. The van der Waals surface area contributed by atoms with E-state index in [-0.39, 0.29) is 6.04 Å². The Balaban J connectivity index is 2.00. The second kappa shape index (κ2) is 5.58. The molecule has 0 amide bonds. The molecule has 0 saturated carbocycles. The highest BCUT2D eigenvalue weighted by Gasteiger charge is 2.32. The molecular formula is C14H17N5O2. The standard InChI is InChI=1S/C14H17N5O2/c1-18(2)9-16-11-5-13-14(17-12(11)6-15)19-3-4-20-7-10(19)8-21-13/h5,9-10H,3-4,7-8H2,1-2H3/b16-9+/t10-/m0/s1. The van der Waals surface area contributed by atoms with E-state index in [1.165, 1.54) is 0 Å². The topological polar surface area (TPSA) is 74.0 Å². The highest BCUT2D eigenvalue weighted by Crippen LogP contribution is 2.37. The van der Waals surface area contributed by atoms with Crippen LogP contribution in [0.2, 0.25) is 0 Å². The molecule has 0 spiro atoms. The van der Waals surface area contributed by atoms with E-state index < -0.39 is 0 Å². The van der Waals surface area contributed by atoms with Gasteiger partial charge >= 0.3 is 0 Å². The van der Waals surface area contributed by atoms with Gasteiger partial charge in [-0.1, -0.05) is 0 Å². The van der Waals surface area contributed by atoms with Gasteiger partial charge in [-0.3, -0.25) is 0 Å². The largest absolute Gasteiger partial charge is 0.487 e. The number of aliphatic imine (C=N–C) groups is 1. The van der Waals surface area contributed by atoms with Crippen molar-refractivity contribution in [1.82, 2.24) is 9.88 Å². The molecule has 7 nitrogen and oxygen atoms in total. The van der Waals surface area contributed by atoms with E-state index in [9.17, 15) is 5.26 Å². The molecule has 2 aliphatic heterocycles. The van der Waals surface area contributed by atoms with Crippen molar-refractivity contribution in [3.8, 4) is 11.8 Å². The minimum Gasteiger partial charge on any atom is -0.487 e. The first kappa shape index (κ1) is 13.6. The lowest BCUT2D eigenvalue weighted by molar-refractivity contribution is 0.0697. The van der Waals surface area contributed by atoms with Crippen LogP contribution in [0.5, 0.6) is 5.75 Å². The van der Waals surface area contributed by atoms with Crippen LogP contribution in [-0.2, 0) is 4.74 Å². The first-order valence-corrected chi connectivity index (χ1v) is 6.82.